The topological polar surface area (TPSA) is 52.6 Å². The van der Waals surface area contributed by atoms with E-state index in [0.29, 0.717) is 19.6 Å². The highest BCUT2D eigenvalue weighted by atomic mass is 16.3. The molecule has 82 valence electrons. The van der Waals surface area contributed by atoms with Gasteiger partial charge in [0.25, 0.3) is 0 Å². The number of β-amino-alcohol motifs (C(OH)–C–C–N with tert-alkyl or cyclic N) is 1. The summed E-state index contributed by atoms with van der Waals surface area (Å²) < 4.78 is 0. The van der Waals surface area contributed by atoms with Crippen molar-refractivity contribution >= 4 is 6.03 Å². The molecule has 0 unspecified atom stereocenters. The molecular weight excluding hydrogens is 180 g/mol. The van der Waals surface area contributed by atoms with Crippen LogP contribution in [0.25, 0.3) is 0 Å². The molecule has 0 aromatic carbocycles. The molecule has 0 aromatic rings. The maximum atomic E-state index is 11.4. The Morgan fingerprint density at radius 1 is 1.43 bits per heavy atom. The summed E-state index contributed by atoms with van der Waals surface area (Å²) in [6.07, 6.45) is 2.68. The van der Waals surface area contributed by atoms with Gasteiger partial charge in [0.1, 0.15) is 0 Å². The SMILES string of the molecule is CCCNC(=O)N1CC(O)(CCC)C1. The zero-order chi connectivity index (χ0) is 10.6. The minimum absolute atomic E-state index is 0.0485. The molecule has 1 fully saturated rings. The lowest BCUT2D eigenvalue weighted by atomic mass is 9.90. The molecule has 4 heteroatoms. The van der Waals surface area contributed by atoms with Gasteiger partial charge in [-0.2, -0.15) is 0 Å². The van der Waals surface area contributed by atoms with Gasteiger partial charge in [-0.25, -0.2) is 4.79 Å². The number of urea groups is 1. The normalized spacial score (nSPS) is 18.9. The molecule has 1 rings (SSSR count). The van der Waals surface area contributed by atoms with Crippen LogP contribution in [-0.2, 0) is 0 Å². The third-order valence-corrected chi connectivity index (χ3v) is 2.50. The number of nitrogens with zero attached hydrogens (tertiary/aromatic N) is 1. The summed E-state index contributed by atoms with van der Waals surface area (Å²) in [5, 5.41) is 12.6. The fourth-order valence-corrected chi connectivity index (χ4v) is 1.78. The van der Waals surface area contributed by atoms with Crippen molar-refractivity contribution in [1.82, 2.24) is 10.2 Å². The Bertz CT molecular complexity index is 200. The largest absolute Gasteiger partial charge is 0.386 e. The fraction of sp³-hybridized carbons (Fsp3) is 0.900. The van der Waals surface area contributed by atoms with Gasteiger partial charge in [-0.15, -0.1) is 0 Å². The highest BCUT2D eigenvalue weighted by Crippen LogP contribution is 2.25. The summed E-state index contributed by atoms with van der Waals surface area (Å²) in [5.74, 6) is 0. The lowest BCUT2D eigenvalue weighted by Crippen LogP contribution is -2.65. The highest BCUT2D eigenvalue weighted by molar-refractivity contribution is 5.75. The molecule has 1 aliphatic heterocycles. The number of aliphatic hydroxyl groups is 1. The monoisotopic (exact) mass is 200 g/mol. The van der Waals surface area contributed by atoms with Crippen molar-refractivity contribution in [1.29, 1.82) is 0 Å². The molecule has 0 saturated carbocycles. The standard InChI is InChI=1S/C10H20N2O2/c1-3-5-10(14)7-12(8-10)9(13)11-6-4-2/h14H,3-8H2,1-2H3,(H,11,13). The zero-order valence-corrected chi connectivity index (χ0v) is 9.05. The molecule has 1 saturated heterocycles. The van der Waals surface area contributed by atoms with E-state index in [1.165, 1.54) is 0 Å². The van der Waals surface area contributed by atoms with Crippen LogP contribution >= 0.6 is 0 Å². The minimum Gasteiger partial charge on any atom is -0.386 e. The number of carbonyl (C=O) groups is 1. The van der Waals surface area contributed by atoms with Gasteiger partial charge in [0.15, 0.2) is 0 Å². The average molecular weight is 200 g/mol. The summed E-state index contributed by atoms with van der Waals surface area (Å²) in [7, 11) is 0. The first-order valence-corrected chi connectivity index (χ1v) is 5.36. The first-order chi connectivity index (χ1) is 6.61. The second kappa shape index (κ2) is 4.64. The summed E-state index contributed by atoms with van der Waals surface area (Å²) >= 11 is 0. The number of likely N-dealkylation sites (tertiary alicyclic amines) is 1. The Morgan fingerprint density at radius 3 is 2.57 bits per heavy atom. The predicted octanol–water partition coefficient (Wildman–Crippen LogP) is 0.953. The quantitative estimate of drug-likeness (QED) is 0.710. The Labute approximate surface area is 85.3 Å². The van der Waals surface area contributed by atoms with Crippen molar-refractivity contribution in [2.24, 2.45) is 0 Å². The van der Waals surface area contributed by atoms with E-state index in [4.69, 9.17) is 0 Å². The van der Waals surface area contributed by atoms with Crippen molar-refractivity contribution in [2.45, 2.75) is 38.7 Å². The van der Waals surface area contributed by atoms with Crippen molar-refractivity contribution in [3.8, 4) is 0 Å². The maximum absolute atomic E-state index is 11.4. The predicted molar refractivity (Wildman–Crippen MR) is 55.1 cm³/mol. The van der Waals surface area contributed by atoms with Gasteiger partial charge in [-0.1, -0.05) is 20.3 Å². The molecule has 2 N–H and O–H groups in total. The third-order valence-electron chi connectivity index (χ3n) is 2.50. The summed E-state index contributed by atoms with van der Waals surface area (Å²) in [6.45, 7) is 5.73. The van der Waals surface area contributed by atoms with E-state index in [1.54, 1.807) is 4.90 Å². The van der Waals surface area contributed by atoms with Crippen LogP contribution < -0.4 is 5.32 Å². The summed E-state index contributed by atoms with van der Waals surface area (Å²) in [4.78, 5) is 13.0. The van der Waals surface area contributed by atoms with E-state index in [-0.39, 0.29) is 6.03 Å². The van der Waals surface area contributed by atoms with Crippen LogP contribution in [0.4, 0.5) is 4.79 Å². The lowest BCUT2D eigenvalue weighted by Gasteiger charge is -2.46. The van der Waals surface area contributed by atoms with Gasteiger partial charge in [-0.3, -0.25) is 0 Å². The second-order valence-electron chi connectivity index (χ2n) is 4.06. The van der Waals surface area contributed by atoms with E-state index >= 15 is 0 Å². The molecule has 0 aromatic heterocycles. The minimum atomic E-state index is -0.613. The number of hydrogen-bond donors (Lipinski definition) is 2. The molecule has 1 aliphatic rings. The van der Waals surface area contributed by atoms with Crippen LogP contribution in [-0.4, -0.2) is 41.3 Å². The van der Waals surface area contributed by atoms with Crippen molar-refractivity contribution in [2.75, 3.05) is 19.6 Å². The molecule has 0 aliphatic carbocycles. The first-order valence-electron chi connectivity index (χ1n) is 5.36. The average Bonchev–Trinajstić information content (AvgIpc) is 2.10. The van der Waals surface area contributed by atoms with Crippen LogP contribution in [0.1, 0.15) is 33.1 Å². The molecule has 1 heterocycles. The molecule has 0 atom stereocenters. The zero-order valence-electron chi connectivity index (χ0n) is 9.05. The van der Waals surface area contributed by atoms with Gasteiger partial charge in [-0.05, 0) is 12.8 Å². The summed E-state index contributed by atoms with van der Waals surface area (Å²) in [6, 6.07) is -0.0485. The Kier molecular flexibility index (Phi) is 3.75. The number of hydrogen-bond acceptors (Lipinski definition) is 2. The molecular formula is C10H20N2O2. The molecule has 4 nitrogen and oxygen atoms in total. The van der Waals surface area contributed by atoms with E-state index < -0.39 is 5.60 Å². The van der Waals surface area contributed by atoms with Gasteiger partial charge < -0.3 is 15.3 Å². The van der Waals surface area contributed by atoms with Gasteiger partial charge in [0.2, 0.25) is 0 Å². The Balaban J connectivity index is 2.22. The van der Waals surface area contributed by atoms with Crippen molar-refractivity contribution < 1.29 is 9.90 Å². The Hall–Kier alpha value is -0.770. The second-order valence-corrected chi connectivity index (χ2v) is 4.06. The smallest absolute Gasteiger partial charge is 0.317 e. The third kappa shape index (κ3) is 2.61. The number of amides is 2. The van der Waals surface area contributed by atoms with Gasteiger partial charge in [0, 0.05) is 6.54 Å². The van der Waals surface area contributed by atoms with Gasteiger partial charge >= 0.3 is 6.03 Å². The maximum Gasteiger partial charge on any atom is 0.317 e. The van der Waals surface area contributed by atoms with E-state index in [2.05, 4.69) is 5.32 Å². The fourth-order valence-electron chi connectivity index (χ4n) is 1.78. The lowest BCUT2D eigenvalue weighted by molar-refractivity contribution is -0.0813. The van der Waals surface area contributed by atoms with Gasteiger partial charge in [0.05, 0.1) is 18.7 Å². The molecule has 0 spiro atoms. The number of carbonyl (C=O) groups excluding carboxylic acids is 1. The van der Waals surface area contributed by atoms with Crippen LogP contribution in [0.5, 0.6) is 0 Å². The molecule has 14 heavy (non-hydrogen) atoms. The van der Waals surface area contributed by atoms with Crippen LogP contribution in [0.2, 0.25) is 0 Å². The number of nitrogens with one attached hydrogen (secondary N) is 1. The van der Waals surface area contributed by atoms with E-state index in [1.807, 2.05) is 13.8 Å². The van der Waals surface area contributed by atoms with E-state index in [9.17, 15) is 9.90 Å². The molecule has 0 radical (unpaired) electrons. The van der Waals surface area contributed by atoms with Crippen LogP contribution in [0.15, 0.2) is 0 Å². The van der Waals surface area contributed by atoms with Crippen molar-refractivity contribution in [3.05, 3.63) is 0 Å². The van der Waals surface area contributed by atoms with E-state index in [0.717, 1.165) is 19.3 Å². The van der Waals surface area contributed by atoms with Crippen LogP contribution in [0, 0.1) is 0 Å². The highest BCUT2D eigenvalue weighted by Gasteiger charge is 2.42. The first kappa shape index (κ1) is 11.3. The van der Waals surface area contributed by atoms with Crippen LogP contribution in [0.3, 0.4) is 0 Å². The van der Waals surface area contributed by atoms with Crippen molar-refractivity contribution in [3.63, 3.8) is 0 Å². The summed E-state index contributed by atoms with van der Waals surface area (Å²) in [5.41, 5.74) is -0.613. The molecule has 0 bridgehead atoms. The molecule has 2 amide bonds. The number of rotatable bonds is 4. The Morgan fingerprint density at radius 2 is 2.07 bits per heavy atom.